The zero-order chi connectivity index (χ0) is 27.5. The molecule has 6 heteroatoms. The van der Waals surface area contributed by atoms with Gasteiger partial charge < -0.3 is 9.47 Å². The number of aromatic nitrogens is 1. The number of amides is 2. The van der Waals surface area contributed by atoms with Gasteiger partial charge in [0, 0.05) is 17.8 Å². The minimum Gasteiger partial charge on any atom is -0.327 e. The second kappa shape index (κ2) is 11.3. The van der Waals surface area contributed by atoms with E-state index in [1.54, 1.807) is 21.9 Å². The number of anilines is 1. The lowest BCUT2D eigenvalue weighted by Crippen LogP contribution is -2.48. The first-order valence-corrected chi connectivity index (χ1v) is 13.6. The van der Waals surface area contributed by atoms with Crippen LogP contribution in [0, 0.1) is 5.82 Å². The number of fused-ring (bicyclic) bond motifs is 3. The average Bonchev–Trinajstić information content (AvgIpc) is 3.44. The van der Waals surface area contributed by atoms with E-state index < -0.39 is 6.04 Å². The van der Waals surface area contributed by atoms with Gasteiger partial charge in [0.25, 0.3) is 5.91 Å². The fourth-order valence-corrected chi connectivity index (χ4v) is 5.29. The van der Waals surface area contributed by atoms with Crippen LogP contribution in [0.15, 0.2) is 91.1 Å². The maximum Gasteiger partial charge on any atom is 0.254 e. The van der Waals surface area contributed by atoms with E-state index >= 15 is 0 Å². The third-order valence-corrected chi connectivity index (χ3v) is 7.38. The molecule has 1 atom stereocenters. The van der Waals surface area contributed by atoms with Gasteiger partial charge in [0.1, 0.15) is 18.4 Å². The summed E-state index contributed by atoms with van der Waals surface area (Å²) in [6.45, 7) is 5.93. The SMILES string of the molecule is CCCCc1ccc(C(=O)N(CC(=O)N2c3ccccc3-n3cccc3C2c2ccc(F)cc2)C(C)C)cc1. The highest BCUT2D eigenvalue weighted by atomic mass is 19.1. The third kappa shape index (κ3) is 5.24. The van der Waals surface area contributed by atoms with Crippen molar-refractivity contribution in [3.05, 3.63) is 119 Å². The van der Waals surface area contributed by atoms with Gasteiger partial charge in [-0.2, -0.15) is 0 Å². The zero-order valence-corrected chi connectivity index (χ0v) is 22.7. The van der Waals surface area contributed by atoms with E-state index in [4.69, 9.17) is 0 Å². The summed E-state index contributed by atoms with van der Waals surface area (Å²) in [4.78, 5) is 31.2. The van der Waals surface area contributed by atoms with E-state index in [0.717, 1.165) is 41.9 Å². The van der Waals surface area contributed by atoms with Crippen molar-refractivity contribution in [3.8, 4) is 5.69 Å². The van der Waals surface area contributed by atoms with Crippen molar-refractivity contribution in [1.29, 1.82) is 0 Å². The number of para-hydroxylation sites is 2. The van der Waals surface area contributed by atoms with E-state index in [1.807, 2.05) is 80.7 Å². The predicted molar refractivity (Wildman–Crippen MR) is 153 cm³/mol. The van der Waals surface area contributed by atoms with Gasteiger partial charge in [0.15, 0.2) is 0 Å². The van der Waals surface area contributed by atoms with Crippen molar-refractivity contribution in [2.75, 3.05) is 11.4 Å². The van der Waals surface area contributed by atoms with Gasteiger partial charge >= 0.3 is 0 Å². The molecule has 0 radical (unpaired) electrons. The quantitative estimate of drug-likeness (QED) is 0.251. The van der Waals surface area contributed by atoms with Gasteiger partial charge in [-0.1, -0.05) is 49.7 Å². The van der Waals surface area contributed by atoms with Crippen LogP contribution in [-0.2, 0) is 11.2 Å². The molecule has 0 aliphatic carbocycles. The summed E-state index contributed by atoms with van der Waals surface area (Å²) in [5, 5.41) is 0. The minimum atomic E-state index is -0.468. The fourth-order valence-electron chi connectivity index (χ4n) is 5.29. The Hall–Kier alpha value is -4.19. The van der Waals surface area contributed by atoms with Crippen LogP contribution in [0.3, 0.4) is 0 Å². The molecular formula is C33H34FN3O2. The van der Waals surface area contributed by atoms with Crippen LogP contribution in [0.25, 0.3) is 5.69 Å². The second-order valence-electron chi connectivity index (χ2n) is 10.3. The molecule has 0 saturated carbocycles. The molecule has 1 unspecified atom stereocenters. The molecule has 0 fully saturated rings. The van der Waals surface area contributed by atoms with Crippen molar-refractivity contribution in [3.63, 3.8) is 0 Å². The second-order valence-corrected chi connectivity index (χ2v) is 10.3. The van der Waals surface area contributed by atoms with Crippen LogP contribution in [0.1, 0.15) is 66.8 Å². The smallest absolute Gasteiger partial charge is 0.254 e. The Labute approximate surface area is 229 Å². The van der Waals surface area contributed by atoms with E-state index in [1.165, 1.54) is 17.7 Å². The van der Waals surface area contributed by atoms with Gasteiger partial charge in [-0.15, -0.1) is 0 Å². The monoisotopic (exact) mass is 523 g/mol. The molecule has 2 heterocycles. The lowest BCUT2D eigenvalue weighted by atomic mass is 9.97. The van der Waals surface area contributed by atoms with Crippen molar-refractivity contribution >= 4 is 17.5 Å². The van der Waals surface area contributed by atoms with Crippen LogP contribution < -0.4 is 4.90 Å². The maximum atomic E-state index is 14.2. The fraction of sp³-hybridized carbons (Fsp3) is 0.273. The highest BCUT2D eigenvalue weighted by molar-refractivity contribution is 6.02. The lowest BCUT2D eigenvalue weighted by Gasteiger charge is -2.40. The first-order chi connectivity index (χ1) is 18.9. The Balaban J connectivity index is 1.49. The number of carbonyl (C=O) groups excluding carboxylic acids is 2. The highest BCUT2D eigenvalue weighted by Crippen LogP contribution is 2.42. The third-order valence-electron chi connectivity index (χ3n) is 7.38. The number of halogens is 1. The molecule has 1 aliphatic heterocycles. The maximum absolute atomic E-state index is 14.2. The van der Waals surface area contributed by atoms with Crippen molar-refractivity contribution in [1.82, 2.24) is 9.47 Å². The Bertz CT molecular complexity index is 1460. The van der Waals surface area contributed by atoms with E-state index in [9.17, 15) is 14.0 Å². The van der Waals surface area contributed by atoms with Crippen LogP contribution >= 0.6 is 0 Å². The number of rotatable bonds is 8. The predicted octanol–water partition coefficient (Wildman–Crippen LogP) is 6.95. The zero-order valence-electron chi connectivity index (χ0n) is 22.7. The molecule has 0 N–H and O–H groups in total. The van der Waals surface area contributed by atoms with Crippen molar-refractivity contribution in [2.45, 2.75) is 52.1 Å². The summed E-state index contributed by atoms with van der Waals surface area (Å²) in [5.41, 5.74) is 5.10. The molecule has 5 nitrogen and oxygen atoms in total. The van der Waals surface area contributed by atoms with Crippen LogP contribution in [0.4, 0.5) is 10.1 Å². The molecule has 200 valence electrons. The number of benzene rings is 3. The van der Waals surface area contributed by atoms with Gasteiger partial charge in [-0.05, 0) is 86.3 Å². The highest BCUT2D eigenvalue weighted by Gasteiger charge is 2.37. The van der Waals surface area contributed by atoms with E-state index in [0.29, 0.717) is 5.56 Å². The first-order valence-electron chi connectivity index (χ1n) is 13.6. The molecule has 1 aliphatic rings. The molecule has 5 rings (SSSR count). The largest absolute Gasteiger partial charge is 0.327 e. The van der Waals surface area contributed by atoms with Gasteiger partial charge in [0.05, 0.1) is 17.1 Å². The summed E-state index contributed by atoms with van der Waals surface area (Å²) in [6.07, 6.45) is 5.18. The molecule has 0 bridgehead atoms. The molecule has 39 heavy (non-hydrogen) atoms. The molecule has 3 aromatic carbocycles. The van der Waals surface area contributed by atoms with Crippen LogP contribution in [-0.4, -0.2) is 33.9 Å². The van der Waals surface area contributed by atoms with Gasteiger partial charge in [-0.3, -0.25) is 14.5 Å². The van der Waals surface area contributed by atoms with E-state index in [2.05, 4.69) is 11.5 Å². The van der Waals surface area contributed by atoms with Crippen LogP contribution in [0.2, 0.25) is 0 Å². The van der Waals surface area contributed by atoms with Crippen LogP contribution in [0.5, 0.6) is 0 Å². The van der Waals surface area contributed by atoms with Crippen molar-refractivity contribution < 1.29 is 14.0 Å². The Morgan fingerprint density at radius 1 is 0.897 bits per heavy atom. The molecule has 1 aromatic heterocycles. The summed E-state index contributed by atoms with van der Waals surface area (Å²) in [7, 11) is 0. The molecule has 2 amide bonds. The summed E-state index contributed by atoms with van der Waals surface area (Å²) >= 11 is 0. The number of aryl methyl sites for hydroxylation is 1. The number of hydrogen-bond acceptors (Lipinski definition) is 2. The first kappa shape index (κ1) is 26.4. The Morgan fingerprint density at radius 2 is 1.59 bits per heavy atom. The molecular weight excluding hydrogens is 489 g/mol. The van der Waals surface area contributed by atoms with Gasteiger partial charge in [-0.25, -0.2) is 4.39 Å². The summed E-state index contributed by atoms with van der Waals surface area (Å²) in [5.74, 6) is -0.709. The number of unbranched alkanes of at least 4 members (excludes halogenated alkanes) is 1. The lowest BCUT2D eigenvalue weighted by molar-refractivity contribution is -0.120. The Morgan fingerprint density at radius 3 is 2.26 bits per heavy atom. The number of nitrogens with zero attached hydrogens (tertiary/aromatic N) is 3. The normalized spacial score (nSPS) is 14.2. The van der Waals surface area contributed by atoms with Gasteiger partial charge in [0.2, 0.25) is 5.91 Å². The average molecular weight is 524 g/mol. The molecule has 0 spiro atoms. The minimum absolute atomic E-state index is 0.0825. The van der Waals surface area contributed by atoms with E-state index in [-0.39, 0.29) is 30.2 Å². The van der Waals surface area contributed by atoms with Crippen molar-refractivity contribution in [2.24, 2.45) is 0 Å². The Kier molecular flexibility index (Phi) is 7.64. The number of hydrogen-bond donors (Lipinski definition) is 0. The summed E-state index contributed by atoms with van der Waals surface area (Å²) in [6, 6.07) is 25.0. The standard InChI is InChI=1S/C33H34FN3O2/c1-4-5-9-24-13-15-26(16-14-24)33(39)36(23(2)3)22-31(38)37-29-11-7-6-10-28(29)35-21-8-12-30(35)32(37)25-17-19-27(34)20-18-25/h6-8,10-21,23,32H,4-5,9,22H2,1-3H3. The summed E-state index contributed by atoms with van der Waals surface area (Å²) < 4.78 is 15.9. The topological polar surface area (TPSA) is 45.6 Å². The molecule has 0 saturated heterocycles. The number of carbonyl (C=O) groups is 2. The molecule has 4 aromatic rings.